The van der Waals surface area contributed by atoms with Crippen LogP contribution in [-0.4, -0.2) is 18.6 Å². The van der Waals surface area contributed by atoms with Crippen LogP contribution in [0.25, 0.3) is 0 Å². The molecule has 0 saturated carbocycles. The van der Waals surface area contributed by atoms with Crippen molar-refractivity contribution in [3.63, 3.8) is 0 Å². The molecule has 1 aliphatic rings. The largest absolute Gasteiger partial charge is 0.397 e. The van der Waals surface area contributed by atoms with Crippen LogP contribution in [0, 0.1) is 5.82 Å². The van der Waals surface area contributed by atoms with E-state index < -0.39 is 11.9 Å². The van der Waals surface area contributed by atoms with Gasteiger partial charge in [-0.05, 0) is 31.0 Å². The Bertz CT molecular complexity index is 403. The van der Waals surface area contributed by atoms with Gasteiger partial charge in [-0.1, -0.05) is 0 Å². The van der Waals surface area contributed by atoms with Gasteiger partial charge in [-0.3, -0.25) is 4.79 Å². The summed E-state index contributed by atoms with van der Waals surface area (Å²) in [6.45, 7) is 0.594. The van der Waals surface area contributed by atoms with Crippen molar-refractivity contribution in [3.8, 4) is 0 Å². The van der Waals surface area contributed by atoms with Crippen molar-refractivity contribution in [3.05, 3.63) is 24.0 Å². The SMILES string of the molecule is Nc1ccc(F)cc1NC(=O)[C@H]1CCCO1. The van der Waals surface area contributed by atoms with Crippen LogP contribution in [0.5, 0.6) is 0 Å². The number of benzene rings is 1. The maximum absolute atomic E-state index is 12.9. The van der Waals surface area contributed by atoms with E-state index in [0.29, 0.717) is 24.4 Å². The van der Waals surface area contributed by atoms with Crippen molar-refractivity contribution in [1.82, 2.24) is 0 Å². The van der Waals surface area contributed by atoms with E-state index in [4.69, 9.17) is 10.5 Å². The Morgan fingerprint density at radius 2 is 2.38 bits per heavy atom. The van der Waals surface area contributed by atoms with E-state index in [1.165, 1.54) is 18.2 Å². The van der Waals surface area contributed by atoms with Gasteiger partial charge in [-0.2, -0.15) is 0 Å². The zero-order valence-corrected chi connectivity index (χ0v) is 8.70. The number of nitrogens with one attached hydrogen (secondary N) is 1. The Kier molecular flexibility index (Phi) is 3.05. The van der Waals surface area contributed by atoms with Gasteiger partial charge in [0.15, 0.2) is 0 Å². The number of hydrogen-bond donors (Lipinski definition) is 2. The summed E-state index contributed by atoms with van der Waals surface area (Å²) < 4.78 is 18.1. The van der Waals surface area contributed by atoms with Crippen molar-refractivity contribution in [1.29, 1.82) is 0 Å². The summed E-state index contributed by atoms with van der Waals surface area (Å²) in [7, 11) is 0. The topological polar surface area (TPSA) is 64.3 Å². The van der Waals surface area contributed by atoms with Crippen LogP contribution in [0.4, 0.5) is 15.8 Å². The first-order valence-corrected chi connectivity index (χ1v) is 5.14. The highest BCUT2D eigenvalue weighted by atomic mass is 19.1. The second-order valence-electron chi connectivity index (χ2n) is 3.72. The molecule has 1 fully saturated rings. The van der Waals surface area contributed by atoms with Gasteiger partial charge < -0.3 is 15.8 Å². The fourth-order valence-electron chi connectivity index (χ4n) is 1.63. The molecule has 1 aliphatic heterocycles. The Labute approximate surface area is 92.6 Å². The van der Waals surface area contributed by atoms with Gasteiger partial charge in [0.05, 0.1) is 11.4 Å². The number of carbonyl (C=O) groups is 1. The van der Waals surface area contributed by atoms with Crippen LogP contribution in [0.3, 0.4) is 0 Å². The van der Waals surface area contributed by atoms with Gasteiger partial charge >= 0.3 is 0 Å². The summed E-state index contributed by atoms with van der Waals surface area (Å²) >= 11 is 0. The molecular formula is C11H13FN2O2. The van der Waals surface area contributed by atoms with E-state index in [1.54, 1.807) is 0 Å². The van der Waals surface area contributed by atoms with Crippen molar-refractivity contribution in [2.24, 2.45) is 0 Å². The fraction of sp³-hybridized carbons (Fsp3) is 0.364. The van der Waals surface area contributed by atoms with Gasteiger partial charge in [0, 0.05) is 6.61 Å². The first kappa shape index (κ1) is 10.9. The molecule has 3 N–H and O–H groups in total. The minimum Gasteiger partial charge on any atom is -0.397 e. The van der Waals surface area contributed by atoms with E-state index in [1.807, 2.05) is 0 Å². The van der Waals surface area contributed by atoms with Crippen LogP contribution < -0.4 is 11.1 Å². The number of hydrogen-bond acceptors (Lipinski definition) is 3. The number of ether oxygens (including phenoxy) is 1. The summed E-state index contributed by atoms with van der Waals surface area (Å²) in [5.41, 5.74) is 6.25. The molecule has 1 aromatic rings. The highest BCUT2D eigenvalue weighted by molar-refractivity contribution is 5.96. The number of amides is 1. The first-order valence-electron chi connectivity index (χ1n) is 5.14. The molecule has 86 valence electrons. The van der Waals surface area contributed by atoms with E-state index in [0.717, 1.165) is 6.42 Å². The summed E-state index contributed by atoms with van der Waals surface area (Å²) in [5.74, 6) is -0.702. The molecule has 4 nitrogen and oxygen atoms in total. The normalized spacial score (nSPS) is 19.7. The van der Waals surface area contributed by atoms with Crippen molar-refractivity contribution < 1.29 is 13.9 Å². The van der Waals surface area contributed by atoms with Crippen molar-refractivity contribution in [2.45, 2.75) is 18.9 Å². The minimum absolute atomic E-state index is 0.269. The zero-order chi connectivity index (χ0) is 11.5. The third-order valence-electron chi connectivity index (χ3n) is 2.50. The average Bonchev–Trinajstić information content (AvgIpc) is 2.76. The lowest BCUT2D eigenvalue weighted by atomic mass is 10.2. The zero-order valence-electron chi connectivity index (χ0n) is 8.70. The molecule has 0 radical (unpaired) electrons. The molecule has 1 heterocycles. The summed E-state index contributed by atoms with van der Waals surface area (Å²) in [6, 6.07) is 3.86. The number of nitrogen functional groups attached to an aromatic ring is 1. The minimum atomic E-state index is -0.442. The molecule has 0 spiro atoms. The second-order valence-corrected chi connectivity index (χ2v) is 3.72. The molecule has 1 aromatic carbocycles. The van der Waals surface area contributed by atoms with Crippen molar-refractivity contribution in [2.75, 3.05) is 17.7 Å². The van der Waals surface area contributed by atoms with E-state index in [9.17, 15) is 9.18 Å². The third-order valence-corrected chi connectivity index (χ3v) is 2.50. The van der Waals surface area contributed by atoms with Crippen LogP contribution in [0.15, 0.2) is 18.2 Å². The van der Waals surface area contributed by atoms with Gasteiger partial charge in [-0.25, -0.2) is 4.39 Å². The molecule has 2 rings (SSSR count). The molecule has 0 unspecified atom stereocenters. The average molecular weight is 224 g/mol. The molecule has 0 aliphatic carbocycles. The molecule has 1 saturated heterocycles. The highest BCUT2D eigenvalue weighted by Crippen LogP contribution is 2.21. The van der Waals surface area contributed by atoms with Gasteiger partial charge in [-0.15, -0.1) is 0 Å². The van der Waals surface area contributed by atoms with Crippen LogP contribution in [0.2, 0.25) is 0 Å². The summed E-state index contributed by atoms with van der Waals surface area (Å²) in [6.07, 6.45) is 1.13. The number of carbonyl (C=O) groups excluding carboxylic acids is 1. The Balaban J connectivity index is 2.07. The lowest BCUT2D eigenvalue weighted by Crippen LogP contribution is -2.27. The molecular weight excluding hydrogens is 211 g/mol. The number of nitrogens with two attached hydrogens (primary N) is 1. The molecule has 16 heavy (non-hydrogen) atoms. The molecule has 1 amide bonds. The summed E-state index contributed by atoms with van der Waals surface area (Å²) in [4.78, 5) is 11.7. The predicted octanol–water partition coefficient (Wildman–Crippen LogP) is 1.53. The van der Waals surface area contributed by atoms with Gasteiger partial charge in [0.1, 0.15) is 11.9 Å². The molecule has 5 heteroatoms. The monoisotopic (exact) mass is 224 g/mol. The Morgan fingerprint density at radius 1 is 1.56 bits per heavy atom. The van der Waals surface area contributed by atoms with E-state index in [2.05, 4.69) is 5.32 Å². The summed E-state index contributed by atoms with van der Waals surface area (Å²) in [5, 5.41) is 2.56. The maximum atomic E-state index is 12.9. The van der Waals surface area contributed by atoms with E-state index in [-0.39, 0.29) is 5.91 Å². The number of rotatable bonds is 2. The molecule has 0 bridgehead atoms. The third kappa shape index (κ3) is 2.30. The van der Waals surface area contributed by atoms with Crippen LogP contribution in [-0.2, 0) is 9.53 Å². The highest BCUT2D eigenvalue weighted by Gasteiger charge is 2.23. The molecule has 1 atom stereocenters. The Hall–Kier alpha value is -1.62. The smallest absolute Gasteiger partial charge is 0.253 e. The fourth-order valence-corrected chi connectivity index (χ4v) is 1.63. The lowest BCUT2D eigenvalue weighted by Gasteiger charge is -2.12. The number of anilines is 2. The van der Waals surface area contributed by atoms with Crippen LogP contribution >= 0.6 is 0 Å². The number of halogens is 1. The van der Waals surface area contributed by atoms with Crippen LogP contribution in [0.1, 0.15) is 12.8 Å². The Morgan fingerprint density at radius 3 is 3.06 bits per heavy atom. The van der Waals surface area contributed by atoms with Gasteiger partial charge in [0.2, 0.25) is 0 Å². The lowest BCUT2D eigenvalue weighted by molar-refractivity contribution is -0.124. The van der Waals surface area contributed by atoms with E-state index >= 15 is 0 Å². The maximum Gasteiger partial charge on any atom is 0.253 e. The first-order chi connectivity index (χ1) is 7.66. The molecule has 0 aromatic heterocycles. The predicted molar refractivity (Wildman–Crippen MR) is 58.4 cm³/mol. The second kappa shape index (κ2) is 4.49. The quantitative estimate of drug-likeness (QED) is 0.749. The van der Waals surface area contributed by atoms with Gasteiger partial charge in [0.25, 0.3) is 5.91 Å². The van der Waals surface area contributed by atoms with Crippen molar-refractivity contribution >= 4 is 17.3 Å². The standard InChI is InChI=1S/C11H13FN2O2/c12-7-3-4-8(13)9(6-7)14-11(15)10-2-1-5-16-10/h3-4,6,10H,1-2,5,13H2,(H,14,15)/t10-/m1/s1.